The van der Waals surface area contributed by atoms with Gasteiger partial charge in [0.25, 0.3) is 0 Å². The van der Waals surface area contributed by atoms with Gasteiger partial charge in [0.15, 0.2) is 3.77 Å². The molecule has 1 heterocycles. The summed E-state index contributed by atoms with van der Waals surface area (Å²) in [7, 11) is 0. The summed E-state index contributed by atoms with van der Waals surface area (Å²) >= 11 is 2.18. The van der Waals surface area contributed by atoms with Crippen LogP contribution in [0.4, 0.5) is 5.69 Å². The van der Waals surface area contributed by atoms with E-state index in [2.05, 4.69) is 46.1 Å². The van der Waals surface area contributed by atoms with E-state index in [0.29, 0.717) is 0 Å². The Morgan fingerprint density at radius 3 is 2.82 bits per heavy atom. The van der Waals surface area contributed by atoms with E-state index in [4.69, 9.17) is 4.42 Å². The molecule has 1 N–H and O–H groups in total. The van der Waals surface area contributed by atoms with E-state index < -0.39 is 0 Å². The molecular formula is C14H14INO. The number of rotatable bonds is 3. The Kier molecular flexibility index (Phi) is 3.09. The molecule has 0 bridgehead atoms. The van der Waals surface area contributed by atoms with Gasteiger partial charge in [0.1, 0.15) is 5.76 Å². The van der Waals surface area contributed by atoms with Gasteiger partial charge < -0.3 is 9.73 Å². The molecule has 0 saturated heterocycles. The lowest BCUT2D eigenvalue weighted by molar-refractivity contribution is 0.493. The molecule has 2 nitrogen and oxygen atoms in total. The Hall–Kier alpha value is -0.970. The molecule has 1 aliphatic carbocycles. The fourth-order valence-electron chi connectivity index (χ4n) is 2.32. The summed E-state index contributed by atoms with van der Waals surface area (Å²) in [5.41, 5.74) is 4.21. The zero-order valence-corrected chi connectivity index (χ0v) is 11.7. The number of benzene rings is 1. The normalized spacial score (nSPS) is 13.7. The summed E-state index contributed by atoms with van der Waals surface area (Å²) in [5, 5.41) is 3.41. The molecule has 0 fully saturated rings. The summed E-state index contributed by atoms with van der Waals surface area (Å²) in [4.78, 5) is 0. The minimum atomic E-state index is 0.752. The summed E-state index contributed by atoms with van der Waals surface area (Å²) in [6.45, 7) is 0.752. The summed E-state index contributed by atoms with van der Waals surface area (Å²) < 4.78 is 6.46. The van der Waals surface area contributed by atoms with E-state index in [-0.39, 0.29) is 0 Å². The quantitative estimate of drug-likeness (QED) is 0.856. The SMILES string of the molecule is Ic1ccc(CNc2ccc3c(c2)CCC3)o1. The highest BCUT2D eigenvalue weighted by atomic mass is 127. The van der Waals surface area contributed by atoms with Crippen molar-refractivity contribution in [1.82, 2.24) is 0 Å². The summed E-state index contributed by atoms with van der Waals surface area (Å²) in [5.74, 6) is 0.981. The molecule has 0 saturated carbocycles. The molecule has 0 radical (unpaired) electrons. The van der Waals surface area contributed by atoms with E-state index in [1.165, 1.54) is 36.1 Å². The predicted molar refractivity (Wildman–Crippen MR) is 77.2 cm³/mol. The molecule has 0 spiro atoms. The Bertz CT molecular complexity index is 533. The van der Waals surface area contributed by atoms with Crippen LogP contribution in [0.15, 0.2) is 34.7 Å². The lowest BCUT2D eigenvalue weighted by atomic mass is 10.1. The number of nitrogens with one attached hydrogen (secondary N) is 1. The third-order valence-corrected chi connectivity index (χ3v) is 3.77. The van der Waals surface area contributed by atoms with Crippen molar-refractivity contribution in [2.75, 3.05) is 5.32 Å². The first-order chi connectivity index (χ1) is 8.31. The molecule has 3 heteroatoms. The average Bonchev–Trinajstić information content (AvgIpc) is 2.94. The molecule has 0 unspecified atom stereocenters. The summed E-state index contributed by atoms with van der Waals surface area (Å²) in [6, 6.07) is 10.7. The van der Waals surface area contributed by atoms with Gasteiger partial charge in [-0.15, -0.1) is 0 Å². The van der Waals surface area contributed by atoms with E-state index in [1.54, 1.807) is 0 Å². The van der Waals surface area contributed by atoms with Crippen LogP contribution in [0.25, 0.3) is 0 Å². The van der Waals surface area contributed by atoms with Gasteiger partial charge in [-0.05, 0) is 77.2 Å². The Labute approximate surface area is 115 Å². The van der Waals surface area contributed by atoms with Crippen LogP contribution < -0.4 is 5.32 Å². The highest BCUT2D eigenvalue weighted by Gasteiger charge is 2.10. The molecule has 1 aromatic carbocycles. The maximum Gasteiger partial charge on any atom is 0.164 e. The van der Waals surface area contributed by atoms with Gasteiger partial charge in [0.05, 0.1) is 6.54 Å². The monoisotopic (exact) mass is 339 g/mol. The highest BCUT2D eigenvalue weighted by molar-refractivity contribution is 14.1. The van der Waals surface area contributed by atoms with Crippen molar-refractivity contribution < 1.29 is 4.42 Å². The standard InChI is InChI=1S/C14H14INO/c15-14-7-6-13(17-14)9-16-12-5-4-10-2-1-3-11(10)8-12/h4-8,16H,1-3,9H2. The molecule has 0 aliphatic heterocycles. The number of anilines is 1. The maximum absolute atomic E-state index is 5.52. The van der Waals surface area contributed by atoms with Gasteiger partial charge in [-0.3, -0.25) is 0 Å². The van der Waals surface area contributed by atoms with Gasteiger partial charge >= 0.3 is 0 Å². The first-order valence-electron chi connectivity index (χ1n) is 5.91. The van der Waals surface area contributed by atoms with Crippen LogP contribution in [0.2, 0.25) is 0 Å². The fraction of sp³-hybridized carbons (Fsp3) is 0.286. The second-order valence-electron chi connectivity index (χ2n) is 4.40. The van der Waals surface area contributed by atoms with Crippen molar-refractivity contribution in [2.24, 2.45) is 0 Å². The Morgan fingerprint density at radius 1 is 1.12 bits per heavy atom. The molecule has 0 atom stereocenters. The number of furan rings is 1. The Balaban J connectivity index is 1.69. The number of aryl methyl sites for hydroxylation is 2. The highest BCUT2D eigenvalue weighted by Crippen LogP contribution is 2.25. The predicted octanol–water partition coefficient (Wildman–Crippen LogP) is 3.99. The lowest BCUT2D eigenvalue weighted by Crippen LogP contribution is -1.98. The first kappa shape index (κ1) is 11.1. The molecule has 1 aliphatic rings. The van der Waals surface area contributed by atoms with Crippen LogP contribution in [-0.2, 0) is 19.4 Å². The summed E-state index contributed by atoms with van der Waals surface area (Å²) in [6.07, 6.45) is 3.77. The van der Waals surface area contributed by atoms with Crippen molar-refractivity contribution in [3.63, 3.8) is 0 Å². The molecule has 0 amide bonds. The molecule has 88 valence electrons. The van der Waals surface area contributed by atoms with Crippen molar-refractivity contribution in [1.29, 1.82) is 0 Å². The van der Waals surface area contributed by atoms with Crippen LogP contribution in [0.3, 0.4) is 0 Å². The third-order valence-electron chi connectivity index (χ3n) is 3.19. The van der Waals surface area contributed by atoms with Crippen molar-refractivity contribution in [3.8, 4) is 0 Å². The molecule has 17 heavy (non-hydrogen) atoms. The van der Waals surface area contributed by atoms with Crippen molar-refractivity contribution >= 4 is 28.3 Å². The Morgan fingerprint density at radius 2 is 2.00 bits per heavy atom. The van der Waals surface area contributed by atoms with Gasteiger partial charge in [0.2, 0.25) is 0 Å². The average molecular weight is 339 g/mol. The smallest absolute Gasteiger partial charge is 0.164 e. The van der Waals surface area contributed by atoms with Gasteiger partial charge in [-0.25, -0.2) is 0 Å². The van der Waals surface area contributed by atoms with Crippen LogP contribution in [0, 0.1) is 3.77 Å². The minimum absolute atomic E-state index is 0.752. The maximum atomic E-state index is 5.52. The van der Waals surface area contributed by atoms with Crippen LogP contribution in [-0.4, -0.2) is 0 Å². The van der Waals surface area contributed by atoms with E-state index >= 15 is 0 Å². The van der Waals surface area contributed by atoms with Crippen LogP contribution >= 0.6 is 22.6 Å². The lowest BCUT2D eigenvalue weighted by Gasteiger charge is -2.06. The fourth-order valence-corrected chi connectivity index (χ4v) is 2.78. The molecule has 3 rings (SSSR count). The molecular weight excluding hydrogens is 325 g/mol. The first-order valence-corrected chi connectivity index (χ1v) is 6.99. The number of halogens is 1. The second kappa shape index (κ2) is 4.72. The van der Waals surface area contributed by atoms with E-state index in [9.17, 15) is 0 Å². The third kappa shape index (κ3) is 2.49. The van der Waals surface area contributed by atoms with Gasteiger partial charge in [-0.1, -0.05) is 6.07 Å². The van der Waals surface area contributed by atoms with Crippen LogP contribution in [0.5, 0.6) is 0 Å². The van der Waals surface area contributed by atoms with Crippen LogP contribution in [0.1, 0.15) is 23.3 Å². The minimum Gasteiger partial charge on any atom is -0.454 e. The topological polar surface area (TPSA) is 25.2 Å². The zero-order chi connectivity index (χ0) is 11.7. The van der Waals surface area contributed by atoms with Crippen molar-refractivity contribution in [2.45, 2.75) is 25.8 Å². The number of hydrogen-bond acceptors (Lipinski definition) is 2. The zero-order valence-electron chi connectivity index (χ0n) is 9.50. The van der Waals surface area contributed by atoms with Crippen molar-refractivity contribution in [3.05, 3.63) is 51.0 Å². The van der Waals surface area contributed by atoms with E-state index in [1.807, 2.05) is 12.1 Å². The van der Waals surface area contributed by atoms with Gasteiger partial charge in [-0.2, -0.15) is 0 Å². The number of fused-ring (bicyclic) bond motifs is 1. The van der Waals surface area contributed by atoms with Gasteiger partial charge in [0, 0.05) is 5.69 Å². The number of hydrogen-bond donors (Lipinski definition) is 1. The molecule has 2 aromatic rings. The van der Waals surface area contributed by atoms with E-state index in [0.717, 1.165) is 16.1 Å². The molecule has 1 aromatic heterocycles. The second-order valence-corrected chi connectivity index (χ2v) is 5.46. The largest absolute Gasteiger partial charge is 0.454 e.